The van der Waals surface area contributed by atoms with Gasteiger partial charge in [0.05, 0.1) is 26.4 Å². The van der Waals surface area contributed by atoms with Gasteiger partial charge in [0.15, 0.2) is 12.2 Å². The van der Waals surface area contributed by atoms with Crippen molar-refractivity contribution in [2.75, 3.05) is 39.6 Å². The van der Waals surface area contributed by atoms with E-state index in [9.17, 15) is 43.2 Å². The number of phosphoric acid groups is 2. The summed E-state index contributed by atoms with van der Waals surface area (Å²) in [5.74, 6) is 1.08. The number of esters is 4. The summed E-state index contributed by atoms with van der Waals surface area (Å²) < 4.78 is 69.0. The smallest absolute Gasteiger partial charge is 0.462 e. The minimum absolute atomic E-state index is 0.107. The van der Waals surface area contributed by atoms with E-state index in [2.05, 4.69) is 55.4 Å². The zero-order chi connectivity index (χ0) is 79.5. The lowest BCUT2D eigenvalue weighted by atomic mass is 9.99. The van der Waals surface area contributed by atoms with Crippen LogP contribution in [0.2, 0.25) is 0 Å². The standard InChI is InChI=1S/C89H174O17P2/c1-9-82(8)68-60-52-44-36-30-24-18-12-10-11-13-19-26-32-38-46-55-63-72-89(94)106-85(76-100-87(92)70-62-54-48-40-43-51-59-67-81(6)7)78-104-108(97,98)102-74-83(90)73-101-107(95,96)103-77-84(105-88(93)71-64-56-47-39-33-27-21-15-17-23-29-35-42-50-58-66-80(4)5)75-99-86(91)69-61-53-45-37-31-25-20-14-16-22-28-34-41-49-57-65-79(2)3/h79-85,90H,9-78H2,1-8H3,(H,95,96)(H,97,98)/t82?,83?,84-,85-/m1/s1. The van der Waals surface area contributed by atoms with E-state index in [1.807, 2.05) is 0 Å². The average molecular weight is 1580 g/mol. The average Bonchev–Trinajstić information content (AvgIpc) is 0.900. The molecule has 17 nitrogen and oxygen atoms in total. The molecule has 0 saturated heterocycles. The minimum atomic E-state index is -4.97. The molecule has 4 unspecified atom stereocenters. The van der Waals surface area contributed by atoms with Crippen molar-refractivity contribution in [2.24, 2.45) is 23.7 Å². The zero-order valence-corrected chi connectivity index (χ0v) is 73.3. The molecule has 0 aliphatic rings. The Morgan fingerprint density at radius 1 is 0.259 bits per heavy atom. The highest BCUT2D eigenvalue weighted by Crippen LogP contribution is 2.45. The van der Waals surface area contributed by atoms with Crippen LogP contribution >= 0.6 is 15.6 Å². The molecule has 0 saturated carbocycles. The van der Waals surface area contributed by atoms with Gasteiger partial charge in [0, 0.05) is 25.7 Å². The van der Waals surface area contributed by atoms with Gasteiger partial charge in [-0.2, -0.15) is 0 Å². The number of hydrogen-bond donors (Lipinski definition) is 3. The van der Waals surface area contributed by atoms with Gasteiger partial charge >= 0.3 is 39.5 Å². The second-order valence-corrected chi connectivity index (χ2v) is 36.6. The number of hydrogen-bond acceptors (Lipinski definition) is 15. The summed E-state index contributed by atoms with van der Waals surface area (Å²) in [4.78, 5) is 73.3. The van der Waals surface area contributed by atoms with Gasteiger partial charge in [0.1, 0.15) is 19.3 Å². The first-order valence-electron chi connectivity index (χ1n) is 45.7. The highest BCUT2D eigenvalue weighted by Gasteiger charge is 2.31. The van der Waals surface area contributed by atoms with Crippen LogP contribution in [0.5, 0.6) is 0 Å². The van der Waals surface area contributed by atoms with Crippen molar-refractivity contribution < 1.29 is 80.2 Å². The van der Waals surface area contributed by atoms with Crippen LogP contribution in [0.25, 0.3) is 0 Å². The lowest BCUT2D eigenvalue weighted by Gasteiger charge is -2.21. The quantitative estimate of drug-likeness (QED) is 0.0222. The highest BCUT2D eigenvalue weighted by atomic mass is 31.2. The molecule has 0 bridgehead atoms. The van der Waals surface area contributed by atoms with Crippen LogP contribution in [0.4, 0.5) is 0 Å². The van der Waals surface area contributed by atoms with Gasteiger partial charge in [0.25, 0.3) is 0 Å². The molecule has 0 fully saturated rings. The number of aliphatic hydroxyl groups is 1. The lowest BCUT2D eigenvalue weighted by Crippen LogP contribution is -2.30. The zero-order valence-electron chi connectivity index (χ0n) is 71.5. The molecule has 642 valence electrons. The fourth-order valence-electron chi connectivity index (χ4n) is 13.8. The molecule has 0 rings (SSSR count). The predicted molar refractivity (Wildman–Crippen MR) is 446 cm³/mol. The van der Waals surface area contributed by atoms with E-state index in [0.717, 1.165) is 114 Å². The number of unbranched alkanes of at least 4 members (excludes halogenated alkanes) is 51. The van der Waals surface area contributed by atoms with Gasteiger partial charge in [-0.1, -0.05) is 415 Å². The third-order valence-corrected chi connectivity index (χ3v) is 23.1. The van der Waals surface area contributed by atoms with E-state index >= 15 is 0 Å². The van der Waals surface area contributed by atoms with Gasteiger partial charge < -0.3 is 33.8 Å². The van der Waals surface area contributed by atoms with E-state index in [1.165, 1.54) is 263 Å². The van der Waals surface area contributed by atoms with Crippen molar-refractivity contribution in [1.29, 1.82) is 0 Å². The van der Waals surface area contributed by atoms with Gasteiger partial charge in [0.2, 0.25) is 0 Å². The van der Waals surface area contributed by atoms with Crippen molar-refractivity contribution in [2.45, 2.75) is 485 Å². The first-order valence-corrected chi connectivity index (χ1v) is 48.7. The molecule has 0 aromatic carbocycles. The van der Waals surface area contributed by atoms with Crippen molar-refractivity contribution in [3.63, 3.8) is 0 Å². The summed E-state index contributed by atoms with van der Waals surface area (Å²) >= 11 is 0. The van der Waals surface area contributed by atoms with Crippen LogP contribution in [0, 0.1) is 23.7 Å². The Kier molecular flexibility index (Phi) is 76.2. The molecule has 0 heterocycles. The summed E-state index contributed by atoms with van der Waals surface area (Å²) in [6, 6.07) is 0. The third-order valence-electron chi connectivity index (χ3n) is 21.2. The number of carbonyl (C=O) groups excluding carboxylic acids is 4. The topological polar surface area (TPSA) is 237 Å². The summed E-state index contributed by atoms with van der Waals surface area (Å²) in [6.45, 7) is 14.4. The highest BCUT2D eigenvalue weighted by molar-refractivity contribution is 7.47. The number of carbonyl (C=O) groups is 4. The predicted octanol–water partition coefficient (Wildman–Crippen LogP) is 27.1. The Morgan fingerprint density at radius 2 is 0.444 bits per heavy atom. The number of ether oxygens (including phenoxy) is 4. The Balaban J connectivity index is 5.21. The normalized spacial score (nSPS) is 14.1. The molecule has 0 amide bonds. The van der Waals surface area contributed by atoms with E-state index in [-0.39, 0.29) is 25.7 Å². The third kappa shape index (κ3) is 80.7. The molecule has 0 radical (unpaired) electrons. The number of rotatable bonds is 86. The van der Waals surface area contributed by atoms with Crippen LogP contribution in [-0.4, -0.2) is 96.7 Å². The molecule has 108 heavy (non-hydrogen) atoms. The maximum Gasteiger partial charge on any atom is 0.472 e. The summed E-state index contributed by atoms with van der Waals surface area (Å²) in [5.41, 5.74) is 0. The maximum absolute atomic E-state index is 13.2. The van der Waals surface area contributed by atoms with E-state index in [0.29, 0.717) is 31.6 Å². The van der Waals surface area contributed by atoms with Crippen LogP contribution in [-0.2, 0) is 65.4 Å². The molecule has 19 heteroatoms. The fourth-order valence-corrected chi connectivity index (χ4v) is 15.4. The van der Waals surface area contributed by atoms with Crippen molar-refractivity contribution in [1.82, 2.24) is 0 Å². The molecule has 0 spiro atoms. The Morgan fingerprint density at radius 3 is 0.657 bits per heavy atom. The molecular weight excluding hydrogens is 1400 g/mol. The largest absolute Gasteiger partial charge is 0.472 e. The summed E-state index contributed by atoms with van der Waals surface area (Å²) in [6.07, 6.45) is 68.1. The van der Waals surface area contributed by atoms with E-state index < -0.39 is 97.5 Å². The number of phosphoric ester groups is 2. The maximum atomic E-state index is 13.2. The van der Waals surface area contributed by atoms with Crippen molar-refractivity contribution >= 4 is 39.5 Å². The van der Waals surface area contributed by atoms with Crippen LogP contribution in [0.15, 0.2) is 0 Å². The molecular formula is C89H174O17P2. The Hall–Kier alpha value is -1.94. The molecule has 0 aliphatic heterocycles. The van der Waals surface area contributed by atoms with Gasteiger partial charge in [-0.05, 0) is 49.4 Å². The van der Waals surface area contributed by atoms with E-state index in [1.54, 1.807) is 0 Å². The minimum Gasteiger partial charge on any atom is -0.462 e. The molecule has 0 aromatic heterocycles. The Bertz CT molecular complexity index is 2100. The first kappa shape index (κ1) is 106. The Labute approximate surface area is 664 Å². The van der Waals surface area contributed by atoms with Crippen LogP contribution in [0.3, 0.4) is 0 Å². The first-order chi connectivity index (χ1) is 52.1. The monoisotopic (exact) mass is 1580 g/mol. The lowest BCUT2D eigenvalue weighted by molar-refractivity contribution is -0.161. The second-order valence-electron chi connectivity index (χ2n) is 33.7. The van der Waals surface area contributed by atoms with E-state index in [4.69, 9.17) is 37.0 Å². The van der Waals surface area contributed by atoms with Crippen LogP contribution in [0.1, 0.15) is 466 Å². The molecule has 0 aromatic rings. The SMILES string of the molecule is CCC(C)CCCCCCCCCCCCCCCCCCCCC(=O)O[C@H](COC(=O)CCCCCCCCCC(C)C)COP(=O)(O)OCC(O)COP(=O)(O)OC[C@@H](COC(=O)CCCCCCCCCCCCCCCCCC(C)C)OC(=O)CCCCCCCCCCCCCCCCCC(C)C. The fraction of sp³-hybridized carbons (Fsp3) is 0.955. The second kappa shape index (κ2) is 77.6. The van der Waals surface area contributed by atoms with Crippen LogP contribution < -0.4 is 0 Å². The van der Waals surface area contributed by atoms with Gasteiger partial charge in [-0.25, -0.2) is 9.13 Å². The number of aliphatic hydroxyl groups excluding tert-OH is 1. The molecule has 0 aliphatic carbocycles. The van der Waals surface area contributed by atoms with Gasteiger partial charge in [-0.15, -0.1) is 0 Å². The molecule has 3 N–H and O–H groups in total. The molecule has 6 atom stereocenters. The van der Waals surface area contributed by atoms with Gasteiger partial charge in [-0.3, -0.25) is 37.3 Å². The van der Waals surface area contributed by atoms with Crippen molar-refractivity contribution in [3.8, 4) is 0 Å². The summed E-state index contributed by atoms with van der Waals surface area (Å²) in [7, 11) is -9.93. The summed E-state index contributed by atoms with van der Waals surface area (Å²) in [5, 5.41) is 10.7. The van der Waals surface area contributed by atoms with Crippen molar-refractivity contribution in [3.05, 3.63) is 0 Å².